The van der Waals surface area contributed by atoms with Crippen molar-refractivity contribution < 1.29 is 13.2 Å². The van der Waals surface area contributed by atoms with Gasteiger partial charge in [-0.3, -0.25) is 0 Å². The molecule has 2 nitrogen and oxygen atoms in total. The highest BCUT2D eigenvalue weighted by atomic mass is 19.4. The first kappa shape index (κ1) is 14.0. The van der Waals surface area contributed by atoms with Crippen molar-refractivity contribution in [3.8, 4) is 0 Å². The third-order valence-corrected chi connectivity index (χ3v) is 3.67. The van der Waals surface area contributed by atoms with E-state index in [0.29, 0.717) is 11.7 Å². The van der Waals surface area contributed by atoms with Gasteiger partial charge >= 0.3 is 6.18 Å². The van der Waals surface area contributed by atoms with Gasteiger partial charge in [0.15, 0.2) is 0 Å². The number of halogens is 3. The van der Waals surface area contributed by atoms with E-state index in [1.165, 1.54) is 12.1 Å². The van der Waals surface area contributed by atoms with E-state index < -0.39 is 11.7 Å². The summed E-state index contributed by atoms with van der Waals surface area (Å²) in [7, 11) is 0. The molecule has 1 fully saturated rings. The van der Waals surface area contributed by atoms with Crippen molar-refractivity contribution in [1.82, 2.24) is 0 Å². The fourth-order valence-corrected chi connectivity index (χ4v) is 2.78. The van der Waals surface area contributed by atoms with Crippen LogP contribution in [-0.2, 0) is 6.18 Å². The largest absolute Gasteiger partial charge is 0.418 e. The number of benzene rings is 1. The lowest BCUT2D eigenvalue weighted by Crippen LogP contribution is -2.29. The molecule has 0 aliphatic carbocycles. The Kier molecular flexibility index (Phi) is 3.92. The average molecular weight is 272 g/mol. The first-order valence-corrected chi connectivity index (χ1v) is 6.67. The molecular weight excluding hydrogens is 253 g/mol. The summed E-state index contributed by atoms with van der Waals surface area (Å²) in [5.74, 6) is 0. The van der Waals surface area contributed by atoms with Crippen molar-refractivity contribution in [2.24, 2.45) is 0 Å². The molecule has 1 aromatic carbocycles. The number of nitrogens with two attached hydrogens (primary N) is 1. The van der Waals surface area contributed by atoms with Gasteiger partial charge in [0.2, 0.25) is 0 Å². The number of nitrogen functional groups attached to an aromatic ring is 1. The van der Waals surface area contributed by atoms with Crippen molar-refractivity contribution in [2.75, 3.05) is 17.2 Å². The number of alkyl halides is 3. The Hall–Kier alpha value is -1.39. The van der Waals surface area contributed by atoms with Crippen LogP contribution in [0.1, 0.15) is 38.2 Å². The molecule has 1 aromatic rings. The molecule has 1 aliphatic heterocycles. The molecule has 0 bridgehead atoms. The van der Waals surface area contributed by atoms with E-state index in [2.05, 4.69) is 11.8 Å². The van der Waals surface area contributed by atoms with Gasteiger partial charge in [0, 0.05) is 24.0 Å². The Morgan fingerprint density at radius 2 is 2.11 bits per heavy atom. The number of hydrogen-bond acceptors (Lipinski definition) is 2. The maximum absolute atomic E-state index is 12.9. The predicted molar refractivity (Wildman–Crippen MR) is 71.1 cm³/mol. The lowest BCUT2D eigenvalue weighted by Gasteiger charge is -2.27. The van der Waals surface area contributed by atoms with E-state index in [4.69, 9.17) is 5.73 Å². The Balaban J connectivity index is 2.30. The minimum absolute atomic E-state index is 0.206. The standard InChI is InChI=1S/C14H19F3N2/c1-2-4-10-5-3-8-19(10)11-6-7-13(18)12(9-11)14(15,16)17/h6-7,9-10H,2-5,8,18H2,1H3. The number of rotatable bonds is 3. The van der Waals surface area contributed by atoms with Crippen molar-refractivity contribution in [2.45, 2.75) is 44.8 Å². The first-order valence-electron chi connectivity index (χ1n) is 6.67. The molecular formula is C14H19F3N2. The molecule has 0 aromatic heterocycles. The summed E-state index contributed by atoms with van der Waals surface area (Å²) in [6.45, 7) is 2.92. The fourth-order valence-electron chi connectivity index (χ4n) is 2.78. The summed E-state index contributed by atoms with van der Waals surface area (Å²) < 4.78 is 38.6. The summed E-state index contributed by atoms with van der Waals surface area (Å²) in [4.78, 5) is 2.08. The molecule has 2 rings (SSSR count). The van der Waals surface area contributed by atoms with Crippen LogP contribution in [0.5, 0.6) is 0 Å². The van der Waals surface area contributed by atoms with E-state index in [9.17, 15) is 13.2 Å². The van der Waals surface area contributed by atoms with Crippen LogP contribution in [0.15, 0.2) is 18.2 Å². The lowest BCUT2D eigenvalue weighted by atomic mass is 10.1. The zero-order valence-electron chi connectivity index (χ0n) is 11.0. The molecule has 0 radical (unpaired) electrons. The summed E-state index contributed by atoms with van der Waals surface area (Å²) in [5, 5.41) is 0. The molecule has 0 saturated carbocycles. The summed E-state index contributed by atoms with van der Waals surface area (Å²) in [5.41, 5.74) is 5.13. The monoisotopic (exact) mass is 272 g/mol. The van der Waals surface area contributed by atoms with Crippen LogP contribution in [0.4, 0.5) is 24.5 Å². The molecule has 0 spiro atoms. The number of nitrogens with zero attached hydrogens (tertiary/aromatic N) is 1. The predicted octanol–water partition coefficient (Wildman–Crippen LogP) is 4.06. The first-order chi connectivity index (χ1) is 8.93. The van der Waals surface area contributed by atoms with Gasteiger partial charge in [0.05, 0.1) is 5.56 Å². The third-order valence-electron chi connectivity index (χ3n) is 3.67. The van der Waals surface area contributed by atoms with E-state index in [1.807, 2.05) is 0 Å². The molecule has 1 atom stereocenters. The molecule has 2 N–H and O–H groups in total. The van der Waals surface area contributed by atoms with Gasteiger partial charge in [-0.2, -0.15) is 13.2 Å². The van der Waals surface area contributed by atoms with Gasteiger partial charge in [-0.15, -0.1) is 0 Å². The minimum Gasteiger partial charge on any atom is -0.398 e. The van der Waals surface area contributed by atoms with Gasteiger partial charge < -0.3 is 10.6 Å². The second-order valence-electron chi connectivity index (χ2n) is 5.05. The van der Waals surface area contributed by atoms with Crippen molar-refractivity contribution in [1.29, 1.82) is 0 Å². The molecule has 1 unspecified atom stereocenters. The van der Waals surface area contributed by atoms with Crippen LogP contribution in [0.3, 0.4) is 0 Å². The van der Waals surface area contributed by atoms with E-state index in [1.54, 1.807) is 6.07 Å². The highest BCUT2D eigenvalue weighted by Gasteiger charge is 2.34. The maximum atomic E-state index is 12.9. The third kappa shape index (κ3) is 2.96. The number of anilines is 2. The average Bonchev–Trinajstić information content (AvgIpc) is 2.77. The molecule has 106 valence electrons. The van der Waals surface area contributed by atoms with Gasteiger partial charge in [-0.25, -0.2) is 0 Å². The Morgan fingerprint density at radius 3 is 2.74 bits per heavy atom. The summed E-state index contributed by atoms with van der Waals surface area (Å²) in [6.07, 6.45) is -0.232. The van der Waals surface area contributed by atoms with Crippen LogP contribution in [-0.4, -0.2) is 12.6 Å². The van der Waals surface area contributed by atoms with Crippen LogP contribution in [0.25, 0.3) is 0 Å². The van der Waals surface area contributed by atoms with Gasteiger partial charge in [-0.1, -0.05) is 13.3 Å². The number of hydrogen-bond donors (Lipinski definition) is 1. The highest BCUT2D eigenvalue weighted by molar-refractivity contribution is 5.60. The molecule has 1 saturated heterocycles. The van der Waals surface area contributed by atoms with Crippen molar-refractivity contribution in [3.05, 3.63) is 23.8 Å². The Labute approximate surface area is 111 Å². The van der Waals surface area contributed by atoms with E-state index >= 15 is 0 Å². The van der Waals surface area contributed by atoms with Crippen molar-refractivity contribution in [3.63, 3.8) is 0 Å². The van der Waals surface area contributed by atoms with Crippen LogP contribution in [0, 0.1) is 0 Å². The normalized spacial score (nSPS) is 20.0. The molecule has 1 heterocycles. The zero-order chi connectivity index (χ0) is 14.0. The second kappa shape index (κ2) is 5.31. The Bertz CT molecular complexity index is 443. The SMILES string of the molecule is CCCC1CCCN1c1ccc(N)c(C(F)(F)F)c1. The van der Waals surface area contributed by atoms with E-state index in [-0.39, 0.29) is 5.69 Å². The van der Waals surface area contributed by atoms with E-state index in [0.717, 1.165) is 32.2 Å². The fraction of sp³-hybridized carbons (Fsp3) is 0.571. The smallest absolute Gasteiger partial charge is 0.398 e. The molecule has 1 aliphatic rings. The quantitative estimate of drug-likeness (QED) is 0.841. The minimum atomic E-state index is -4.39. The zero-order valence-corrected chi connectivity index (χ0v) is 11.0. The second-order valence-corrected chi connectivity index (χ2v) is 5.05. The van der Waals surface area contributed by atoms with Gasteiger partial charge in [0.1, 0.15) is 0 Å². The topological polar surface area (TPSA) is 29.3 Å². The van der Waals surface area contributed by atoms with Crippen LogP contribution < -0.4 is 10.6 Å². The summed E-state index contributed by atoms with van der Waals surface area (Å²) >= 11 is 0. The summed E-state index contributed by atoms with van der Waals surface area (Å²) in [6, 6.07) is 4.59. The van der Waals surface area contributed by atoms with Crippen molar-refractivity contribution >= 4 is 11.4 Å². The maximum Gasteiger partial charge on any atom is 0.418 e. The molecule has 0 amide bonds. The molecule has 19 heavy (non-hydrogen) atoms. The van der Waals surface area contributed by atoms with Gasteiger partial charge in [-0.05, 0) is 37.5 Å². The van der Waals surface area contributed by atoms with Crippen LogP contribution in [0.2, 0.25) is 0 Å². The molecule has 5 heteroatoms. The van der Waals surface area contributed by atoms with Crippen LogP contribution >= 0.6 is 0 Å². The Morgan fingerprint density at radius 1 is 1.37 bits per heavy atom. The lowest BCUT2D eigenvalue weighted by molar-refractivity contribution is -0.136. The van der Waals surface area contributed by atoms with Gasteiger partial charge in [0.25, 0.3) is 0 Å². The highest BCUT2D eigenvalue weighted by Crippen LogP contribution is 2.37.